The molecule has 116 valence electrons. The first kappa shape index (κ1) is 18.3. The van der Waals surface area contributed by atoms with Crippen LogP contribution in [-0.4, -0.2) is 11.0 Å². The smallest absolute Gasteiger partial charge is 0.0920 e. The SMILES string of the molecule is CCCCI.CCNc1sc2c(c1CC)CCCCC2. The summed E-state index contributed by atoms with van der Waals surface area (Å²) in [6.45, 7) is 7.73. The zero-order chi connectivity index (χ0) is 14.8. The van der Waals surface area contributed by atoms with Crippen molar-refractivity contribution in [2.24, 2.45) is 0 Å². The Morgan fingerprint density at radius 2 is 1.85 bits per heavy atom. The number of rotatable bonds is 5. The van der Waals surface area contributed by atoms with Gasteiger partial charge in [-0.05, 0) is 61.0 Å². The number of thiophene rings is 1. The average molecular weight is 407 g/mol. The van der Waals surface area contributed by atoms with Crippen molar-refractivity contribution in [3.05, 3.63) is 16.0 Å². The molecule has 0 aromatic carbocycles. The van der Waals surface area contributed by atoms with Gasteiger partial charge in [-0.15, -0.1) is 11.3 Å². The predicted molar refractivity (Wildman–Crippen MR) is 103 cm³/mol. The van der Waals surface area contributed by atoms with Gasteiger partial charge in [0.1, 0.15) is 0 Å². The van der Waals surface area contributed by atoms with Crippen LogP contribution < -0.4 is 5.32 Å². The average Bonchev–Trinajstić information content (AvgIpc) is 2.62. The topological polar surface area (TPSA) is 12.0 Å². The summed E-state index contributed by atoms with van der Waals surface area (Å²) in [6.07, 6.45) is 10.7. The van der Waals surface area contributed by atoms with E-state index in [4.69, 9.17) is 0 Å². The summed E-state index contributed by atoms with van der Waals surface area (Å²) in [4.78, 5) is 1.67. The predicted octanol–water partition coefficient (Wildman–Crippen LogP) is 6.23. The van der Waals surface area contributed by atoms with Crippen molar-refractivity contribution in [1.29, 1.82) is 0 Å². The summed E-state index contributed by atoms with van der Waals surface area (Å²) in [5.41, 5.74) is 3.30. The first-order chi connectivity index (χ1) is 9.78. The number of hydrogen-bond donors (Lipinski definition) is 1. The molecule has 0 saturated carbocycles. The van der Waals surface area contributed by atoms with Gasteiger partial charge in [0, 0.05) is 11.4 Å². The van der Waals surface area contributed by atoms with Crippen molar-refractivity contribution in [3.8, 4) is 0 Å². The molecule has 0 saturated heterocycles. The van der Waals surface area contributed by atoms with Gasteiger partial charge in [-0.1, -0.05) is 49.3 Å². The molecule has 2 rings (SSSR count). The highest BCUT2D eigenvalue weighted by Crippen LogP contribution is 2.37. The van der Waals surface area contributed by atoms with Crippen LogP contribution in [-0.2, 0) is 19.3 Å². The van der Waals surface area contributed by atoms with Gasteiger partial charge in [0.05, 0.1) is 5.00 Å². The molecule has 0 aliphatic heterocycles. The molecule has 1 aliphatic rings. The van der Waals surface area contributed by atoms with E-state index in [1.807, 2.05) is 11.3 Å². The summed E-state index contributed by atoms with van der Waals surface area (Å²) in [7, 11) is 0. The maximum absolute atomic E-state index is 3.52. The Bertz CT molecular complexity index is 371. The van der Waals surface area contributed by atoms with Crippen molar-refractivity contribution in [3.63, 3.8) is 0 Å². The third kappa shape index (κ3) is 5.55. The molecule has 1 heterocycles. The quantitative estimate of drug-likeness (QED) is 0.346. The molecule has 0 unspecified atom stereocenters. The number of nitrogens with one attached hydrogen (secondary N) is 1. The molecule has 20 heavy (non-hydrogen) atoms. The zero-order valence-electron chi connectivity index (χ0n) is 13.4. The molecule has 0 spiro atoms. The molecule has 1 aromatic rings. The summed E-state index contributed by atoms with van der Waals surface area (Å²) in [5.74, 6) is 0. The van der Waals surface area contributed by atoms with Crippen molar-refractivity contribution in [2.45, 2.75) is 72.1 Å². The van der Waals surface area contributed by atoms with Gasteiger partial charge in [0.25, 0.3) is 0 Å². The normalized spacial score (nSPS) is 14.0. The largest absolute Gasteiger partial charge is 0.377 e. The second kappa shape index (κ2) is 10.9. The Hall–Kier alpha value is 0.230. The summed E-state index contributed by atoms with van der Waals surface area (Å²) < 4.78 is 1.31. The number of fused-ring (bicyclic) bond motifs is 1. The standard InChI is InChI=1S/C13H21NS.C4H9I/c1-3-10-11-8-6-5-7-9-12(11)15-13(10)14-4-2;1-2-3-4-5/h14H,3-9H2,1-2H3;2-4H2,1H3. The molecule has 0 bridgehead atoms. The first-order valence-electron chi connectivity index (χ1n) is 8.21. The Balaban J connectivity index is 0.000000347. The van der Waals surface area contributed by atoms with Gasteiger partial charge in [0.2, 0.25) is 0 Å². The van der Waals surface area contributed by atoms with Gasteiger partial charge in [0.15, 0.2) is 0 Å². The molecule has 1 aromatic heterocycles. The van der Waals surface area contributed by atoms with Crippen molar-refractivity contribution in [1.82, 2.24) is 0 Å². The highest BCUT2D eigenvalue weighted by molar-refractivity contribution is 14.1. The summed E-state index contributed by atoms with van der Waals surface area (Å²) >= 11 is 4.40. The lowest BCUT2D eigenvalue weighted by atomic mass is 10.0. The van der Waals surface area contributed by atoms with Gasteiger partial charge in [-0.3, -0.25) is 0 Å². The second-order valence-electron chi connectivity index (χ2n) is 5.30. The molecule has 3 heteroatoms. The fourth-order valence-electron chi connectivity index (χ4n) is 2.62. The van der Waals surface area contributed by atoms with Crippen LogP contribution in [0.15, 0.2) is 0 Å². The van der Waals surface area contributed by atoms with Crippen LogP contribution in [0.25, 0.3) is 0 Å². The summed E-state index contributed by atoms with van der Waals surface area (Å²) in [5, 5.41) is 4.97. The van der Waals surface area contributed by atoms with E-state index in [1.165, 1.54) is 60.8 Å². The maximum Gasteiger partial charge on any atom is 0.0920 e. The minimum absolute atomic E-state index is 1.05. The van der Waals surface area contributed by atoms with Crippen molar-refractivity contribution >= 4 is 38.9 Å². The third-order valence-electron chi connectivity index (χ3n) is 3.71. The van der Waals surface area contributed by atoms with Gasteiger partial charge in [-0.25, -0.2) is 0 Å². The molecular weight excluding hydrogens is 377 g/mol. The molecule has 0 amide bonds. The number of halogens is 1. The van der Waals surface area contributed by atoms with Crippen LogP contribution >= 0.6 is 33.9 Å². The minimum atomic E-state index is 1.05. The van der Waals surface area contributed by atoms with Crippen molar-refractivity contribution in [2.75, 3.05) is 16.3 Å². The van der Waals surface area contributed by atoms with E-state index >= 15 is 0 Å². The Morgan fingerprint density at radius 1 is 1.10 bits per heavy atom. The van der Waals surface area contributed by atoms with Crippen molar-refractivity contribution < 1.29 is 0 Å². The number of anilines is 1. The minimum Gasteiger partial charge on any atom is -0.377 e. The van der Waals surface area contributed by atoms with Crippen LogP contribution in [0.2, 0.25) is 0 Å². The zero-order valence-corrected chi connectivity index (χ0v) is 16.3. The molecule has 1 nitrogen and oxygen atoms in total. The monoisotopic (exact) mass is 407 g/mol. The lowest BCUT2D eigenvalue weighted by Crippen LogP contribution is -1.98. The third-order valence-corrected chi connectivity index (χ3v) is 5.76. The second-order valence-corrected chi connectivity index (χ2v) is 7.48. The highest BCUT2D eigenvalue weighted by Gasteiger charge is 2.17. The molecule has 1 N–H and O–H groups in total. The number of hydrogen-bond acceptors (Lipinski definition) is 2. The molecule has 0 atom stereocenters. The summed E-state index contributed by atoms with van der Waals surface area (Å²) in [6, 6.07) is 0. The van der Waals surface area contributed by atoms with E-state index in [-0.39, 0.29) is 0 Å². The lowest BCUT2D eigenvalue weighted by molar-refractivity contribution is 0.711. The molecule has 1 aliphatic carbocycles. The van der Waals surface area contributed by atoms with Gasteiger partial charge < -0.3 is 5.32 Å². The van der Waals surface area contributed by atoms with E-state index in [9.17, 15) is 0 Å². The van der Waals surface area contributed by atoms with Crippen LogP contribution in [0.5, 0.6) is 0 Å². The number of alkyl halides is 1. The van der Waals surface area contributed by atoms with Crippen LogP contribution in [0.3, 0.4) is 0 Å². The van der Waals surface area contributed by atoms with E-state index < -0.39 is 0 Å². The molecule has 0 fully saturated rings. The first-order valence-corrected chi connectivity index (χ1v) is 10.6. The Kier molecular flexibility index (Phi) is 9.95. The van der Waals surface area contributed by atoms with Gasteiger partial charge in [-0.2, -0.15) is 0 Å². The molecule has 0 radical (unpaired) electrons. The lowest BCUT2D eigenvalue weighted by Gasteiger charge is -2.05. The molecular formula is C17H30INS. The Labute approximate surface area is 143 Å². The Morgan fingerprint density at radius 3 is 2.40 bits per heavy atom. The van der Waals surface area contributed by atoms with Crippen LogP contribution in [0.4, 0.5) is 5.00 Å². The number of aryl methyl sites for hydroxylation is 1. The van der Waals surface area contributed by atoms with E-state index in [1.54, 1.807) is 16.0 Å². The number of unbranched alkanes of at least 4 members (excludes halogenated alkanes) is 1. The van der Waals surface area contributed by atoms with Crippen LogP contribution in [0.1, 0.15) is 68.9 Å². The fourth-order valence-corrected chi connectivity index (χ4v) is 4.83. The van der Waals surface area contributed by atoms with Gasteiger partial charge >= 0.3 is 0 Å². The maximum atomic E-state index is 3.52. The fraction of sp³-hybridized carbons (Fsp3) is 0.765. The van der Waals surface area contributed by atoms with E-state index in [2.05, 4.69) is 48.7 Å². The highest BCUT2D eigenvalue weighted by atomic mass is 127. The van der Waals surface area contributed by atoms with E-state index in [0.29, 0.717) is 0 Å². The van der Waals surface area contributed by atoms with E-state index in [0.717, 1.165) is 6.54 Å². The van der Waals surface area contributed by atoms with Crippen LogP contribution in [0, 0.1) is 0 Å².